The molecule has 1 fully saturated rings. The summed E-state index contributed by atoms with van der Waals surface area (Å²) < 4.78 is 2.00. The van der Waals surface area contributed by atoms with E-state index in [4.69, 9.17) is 17.1 Å². The molecular weight excluding hydrogens is 374 g/mol. The highest BCUT2D eigenvalue weighted by Gasteiger charge is 2.53. The van der Waals surface area contributed by atoms with Crippen LogP contribution in [0.4, 0.5) is 0 Å². The van der Waals surface area contributed by atoms with Crippen molar-refractivity contribution < 1.29 is 24.3 Å². The first-order valence-corrected chi connectivity index (χ1v) is 9.19. The number of β-lactam (4-membered cyclic amide) rings is 1. The fourth-order valence-electron chi connectivity index (χ4n) is 2.56. The Morgan fingerprint density at radius 1 is 1.62 bits per heavy atom. The van der Waals surface area contributed by atoms with Gasteiger partial charge in [-0.25, -0.2) is 4.79 Å². The van der Waals surface area contributed by atoms with E-state index in [-0.39, 0.29) is 12.3 Å². The molecule has 0 bridgehead atoms. The summed E-state index contributed by atoms with van der Waals surface area (Å²) in [6, 6.07) is -0.683. The van der Waals surface area contributed by atoms with E-state index < -0.39 is 23.3 Å². The van der Waals surface area contributed by atoms with Gasteiger partial charge in [0.05, 0.1) is 5.69 Å². The van der Waals surface area contributed by atoms with E-state index in [2.05, 4.69) is 5.32 Å². The van der Waals surface area contributed by atoms with Crippen molar-refractivity contribution in [3.8, 4) is 0 Å². The lowest BCUT2D eigenvalue weighted by Gasteiger charge is -2.48. The molecule has 1 aromatic heterocycles. The molecular formula is C13H13N3O5S3. The molecule has 2 atom stereocenters. The van der Waals surface area contributed by atoms with Crippen LogP contribution in [0, 0.1) is 10.9 Å². The molecule has 2 N–H and O–H groups in total. The van der Waals surface area contributed by atoms with Gasteiger partial charge in [0.1, 0.15) is 23.7 Å². The molecule has 2 aliphatic rings. The van der Waals surface area contributed by atoms with Crippen molar-refractivity contribution in [2.24, 2.45) is 0 Å². The Morgan fingerprint density at radius 3 is 2.96 bits per heavy atom. The van der Waals surface area contributed by atoms with Crippen molar-refractivity contribution in [2.75, 3.05) is 12.4 Å². The molecule has 0 radical (unpaired) electrons. The van der Waals surface area contributed by atoms with Crippen molar-refractivity contribution in [3.05, 3.63) is 26.3 Å². The average Bonchev–Trinajstić information content (AvgIpc) is 2.87. The fourth-order valence-corrected chi connectivity index (χ4v) is 4.90. The fraction of sp³-hybridized carbons (Fsp3) is 0.385. The number of carbonyl (C=O) groups excluding carboxylic acids is 2. The maximum Gasteiger partial charge on any atom is 0.352 e. The molecule has 2 amide bonds. The highest BCUT2D eigenvalue weighted by atomic mass is 32.2. The second-order valence-electron chi connectivity index (χ2n) is 5.14. The zero-order valence-electron chi connectivity index (χ0n) is 12.4. The number of carboxylic acids is 1. The standard InChI is InChI=1S/C13H13N3O5S3/c1-6-3-24-13(22)16(6)21-2-7-4-23-11-8(14-5-17)10(18)15(11)9(7)12(19)20/h3,5,8,11H,2,4H2,1H3,(H,14,17)(H,19,20). The molecule has 3 rings (SSSR count). The number of hydrogen-bond donors (Lipinski definition) is 2. The summed E-state index contributed by atoms with van der Waals surface area (Å²) in [6.45, 7) is 1.85. The summed E-state index contributed by atoms with van der Waals surface area (Å²) in [7, 11) is 0. The molecule has 0 aliphatic carbocycles. The van der Waals surface area contributed by atoms with Crippen LogP contribution in [0.2, 0.25) is 0 Å². The Labute approximate surface area is 150 Å². The quantitative estimate of drug-likeness (QED) is 0.414. The third kappa shape index (κ3) is 2.72. The van der Waals surface area contributed by atoms with Gasteiger partial charge in [0, 0.05) is 16.7 Å². The number of aliphatic carboxylic acids is 1. The van der Waals surface area contributed by atoms with Crippen molar-refractivity contribution in [1.82, 2.24) is 14.9 Å². The molecule has 8 nitrogen and oxygen atoms in total. The summed E-state index contributed by atoms with van der Waals surface area (Å²) in [6.07, 6.45) is 0.449. The van der Waals surface area contributed by atoms with Crippen molar-refractivity contribution in [1.29, 1.82) is 0 Å². The van der Waals surface area contributed by atoms with Crippen molar-refractivity contribution in [2.45, 2.75) is 18.3 Å². The smallest absolute Gasteiger partial charge is 0.352 e. The zero-order valence-corrected chi connectivity index (χ0v) is 14.9. The van der Waals surface area contributed by atoms with Crippen LogP contribution in [-0.2, 0) is 14.4 Å². The van der Waals surface area contributed by atoms with Crippen LogP contribution in [-0.4, -0.2) is 56.8 Å². The minimum Gasteiger partial charge on any atom is -0.477 e. The van der Waals surface area contributed by atoms with Gasteiger partial charge in [-0.1, -0.05) is 0 Å². The number of nitrogens with zero attached hydrogens (tertiary/aromatic N) is 2. The molecule has 2 aliphatic heterocycles. The number of fused-ring (bicyclic) bond motifs is 1. The number of nitrogens with one attached hydrogen (secondary N) is 1. The number of hydrogen-bond acceptors (Lipinski definition) is 7. The molecule has 2 unspecified atom stereocenters. The van der Waals surface area contributed by atoms with Gasteiger partial charge in [-0.3, -0.25) is 14.5 Å². The number of amides is 2. The lowest BCUT2D eigenvalue weighted by Crippen LogP contribution is -2.69. The van der Waals surface area contributed by atoms with Crippen LogP contribution in [0.5, 0.6) is 0 Å². The second kappa shape index (κ2) is 6.57. The van der Waals surface area contributed by atoms with Crippen LogP contribution in [0.15, 0.2) is 16.7 Å². The van der Waals surface area contributed by atoms with Gasteiger partial charge in [0.2, 0.25) is 6.41 Å². The zero-order chi connectivity index (χ0) is 17.4. The Kier molecular flexibility index (Phi) is 4.65. The van der Waals surface area contributed by atoms with Gasteiger partial charge < -0.3 is 15.3 Å². The molecule has 0 saturated carbocycles. The first-order valence-electron chi connectivity index (χ1n) is 6.85. The van der Waals surface area contributed by atoms with Crippen LogP contribution in [0.25, 0.3) is 0 Å². The molecule has 3 heterocycles. The van der Waals surface area contributed by atoms with Crippen LogP contribution < -0.4 is 10.2 Å². The number of rotatable bonds is 6. The van der Waals surface area contributed by atoms with E-state index in [1.54, 1.807) is 0 Å². The number of aryl methyl sites for hydroxylation is 1. The molecule has 1 aromatic rings. The summed E-state index contributed by atoms with van der Waals surface area (Å²) >= 11 is 7.89. The second-order valence-corrected chi connectivity index (χ2v) is 7.75. The molecule has 1 saturated heterocycles. The minimum atomic E-state index is -1.19. The van der Waals surface area contributed by atoms with E-state index in [0.29, 0.717) is 21.7 Å². The lowest BCUT2D eigenvalue weighted by molar-refractivity contribution is -0.149. The summed E-state index contributed by atoms with van der Waals surface area (Å²) in [4.78, 5) is 41.1. The van der Waals surface area contributed by atoms with Gasteiger partial charge in [-0.2, -0.15) is 4.73 Å². The predicted octanol–water partition coefficient (Wildman–Crippen LogP) is 0.385. The molecule has 24 heavy (non-hydrogen) atoms. The minimum absolute atomic E-state index is 0.0167. The number of thiazole rings is 1. The van der Waals surface area contributed by atoms with E-state index in [9.17, 15) is 19.5 Å². The van der Waals surface area contributed by atoms with Crippen LogP contribution >= 0.6 is 35.3 Å². The van der Waals surface area contributed by atoms with E-state index in [0.717, 1.165) is 5.69 Å². The summed E-state index contributed by atoms with van der Waals surface area (Å²) in [5, 5.41) is 13.4. The third-order valence-electron chi connectivity index (χ3n) is 3.68. The highest BCUT2D eigenvalue weighted by molar-refractivity contribution is 8.00. The molecule has 0 aromatic carbocycles. The average molecular weight is 387 g/mol. The molecule has 0 spiro atoms. The first kappa shape index (κ1) is 17.0. The van der Waals surface area contributed by atoms with Gasteiger partial charge in [0.15, 0.2) is 3.95 Å². The Morgan fingerprint density at radius 2 is 2.38 bits per heavy atom. The van der Waals surface area contributed by atoms with E-state index >= 15 is 0 Å². The SMILES string of the molecule is Cc1csc(=S)n1OCC1=C(C(=O)O)N2C(=O)C(NC=O)C2SC1. The number of carboxylic acid groups (broad SMARTS) is 1. The van der Waals surface area contributed by atoms with Crippen molar-refractivity contribution >= 4 is 53.6 Å². The number of carbonyl (C=O) groups is 3. The summed E-state index contributed by atoms with van der Waals surface area (Å²) in [5.41, 5.74) is 1.24. The van der Waals surface area contributed by atoms with Gasteiger partial charge in [0.25, 0.3) is 5.91 Å². The maximum atomic E-state index is 12.1. The normalized spacial score (nSPS) is 22.7. The van der Waals surface area contributed by atoms with Gasteiger partial charge >= 0.3 is 5.97 Å². The topological polar surface area (TPSA) is 101 Å². The van der Waals surface area contributed by atoms with Gasteiger partial charge in [-0.05, 0) is 19.1 Å². The summed E-state index contributed by atoms with van der Waals surface area (Å²) in [5.74, 6) is -1.23. The lowest BCUT2D eigenvalue weighted by atomic mass is 10.0. The predicted molar refractivity (Wildman–Crippen MR) is 90.1 cm³/mol. The molecule has 11 heteroatoms. The first-order chi connectivity index (χ1) is 11.5. The van der Waals surface area contributed by atoms with Crippen LogP contribution in [0.3, 0.4) is 0 Å². The van der Waals surface area contributed by atoms with Crippen molar-refractivity contribution in [3.63, 3.8) is 0 Å². The Hall–Kier alpha value is -1.85. The molecule has 128 valence electrons. The maximum absolute atomic E-state index is 12.1. The van der Waals surface area contributed by atoms with Crippen LogP contribution in [0.1, 0.15) is 5.69 Å². The van der Waals surface area contributed by atoms with Gasteiger partial charge in [-0.15, -0.1) is 23.1 Å². The monoisotopic (exact) mass is 387 g/mol. The Bertz CT molecular complexity index is 799. The highest BCUT2D eigenvalue weighted by Crippen LogP contribution is 2.40. The third-order valence-corrected chi connectivity index (χ3v) is 6.30. The number of thioether (sulfide) groups is 1. The largest absolute Gasteiger partial charge is 0.477 e. The Balaban J connectivity index is 1.83. The van der Waals surface area contributed by atoms with E-state index in [1.807, 2.05) is 12.3 Å². The number of aromatic nitrogens is 1. The van der Waals surface area contributed by atoms with E-state index in [1.165, 1.54) is 32.7 Å².